The van der Waals surface area contributed by atoms with Gasteiger partial charge in [-0.15, -0.1) is 0 Å². The third kappa shape index (κ3) is 23.5. The van der Waals surface area contributed by atoms with Gasteiger partial charge in [-0.25, -0.2) is 65.3 Å². The molecule has 14 aromatic rings. The van der Waals surface area contributed by atoms with Gasteiger partial charge >= 0.3 is 11.9 Å². The Morgan fingerprint density at radius 3 is 0.993 bits per heavy atom. The fourth-order valence-electron chi connectivity index (χ4n) is 17.3. The molecule has 12 heterocycles. The van der Waals surface area contributed by atoms with E-state index in [1.165, 1.54) is 110 Å². The van der Waals surface area contributed by atoms with Gasteiger partial charge in [0, 0.05) is 107 Å². The molecular formula is C103H103F4N13O24S3. The molecule has 0 saturated heterocycles. The minimum absolute atomic E-state index is 0.00404. The molecule has 770 valence electrons. The van der Waals surface area contributed by atoms with E-state index in [0.717, 1.165) is 70.6 Å². The van der Waals surface area contributed by atoms with Crippen molar-refractivity contribution in [3.05, 3.63) is 325 Å². The van der Waals surface area contributed by atoms with Crippen molar-refractivity contribution < 1.29 is 110 Å². The molecule has 44 heteroatoms. The van der Waals surface area contributed by atoms with Gasteiger partial charge in [-0.2, -0.15) is 0 Å². The molecule has 18 rings (SSSR count). The van der Waals surface area contributed by atoms with Crippen molar-refractivity contribution in [3.63, 3.8) is 0 Å². The van der Waals surface area contributed by atoms with Crippen molar-refractivity contribution in [1.29, 1.82) is 0 Å². The number of rotatable bonds is 31. The summed E-state index contributed by atoms with van der Waals surface area (Å²) in [6.45, 7) is 5.24. The second-order valence-corrected chi connectivity index (χ2v) is 41.5. The number of hydrogen-bond acceptors (Lipinski definition) is 29. The van der Waals surface area contributed by atoms with Crippen LogP contribution < -0.4 is 61.3 Å². The topological polar surface area (TPSA) is 458 Å². The molecule has 8 aromatic heterocycles. The molecule has 0 bridgehead atoms. The molecule has 6 aromatic carbocycles. The first-order valence-electron chi connectivity index (χ1n) is 46.2. The zero-order chi connectivity index (χ0) is 106. The largest absolute Gasteiger partial charge is 0.505 e. The van der Waals surface area contributed by atoms with Gasteiger partial charge in [0.2, 0.25) is 30.1 Å². The van der Waals surface area contributed by atoms with Gasteiger partial charge < -0.3 is 58.7 Å². The van der Waals surface area contributed by atoms with Gasteiger partial charge in [-0.05, 0) is 110 Å². The molecular weight excluding hydrogens is 1980 g/mol. The lowest BCUT2D eigenvalue weighted by molar-refractivity contribution is 0.0508. The number of benzene rings is 6. The SMILES string of the molecule is CCOC(=O)c1c(O)c2ncc(Cc3ccc(F)cc3)c3c2n(c1=O)C[C@H](CN(C)S(C)(=O)=O)O3.CCOC(=O)c1c(OCc2ccccc2)c2ncc(Cc3ccc(F)cc3)c3c2n(c1=O)C[C@H](CN(C)S(C)(=O)=O)O3.CNC(=O)c1c(O)c2ncc(Cc3ccc(F)cc3)c3c2n(c1=O)C[C@H](CN(C)S(C)(=O)=O)O3.CNC[C@H]1Cn2c(=O)c(C(C)=O)c(OCc3ccccc3)c3ncc(Cc4ccc(F)cc4)c(c32)O1. The maximum absolute atomic E-state index is 14.0. The van der Waals surface area contributed by atoms with Gasteiger partial charge in [0.1, 0.15) is 116 Å². The van der Waals surface area contributed by atoms with E-state index in [2.05, 4.69) is 30.6 Å². The van der Waals surface area contributed by atoms with Crippen LogP contribution in [0.2, 0.25) is 0 Å². The van der Waals surface area contributed by atoms with Crippen LogP contribution in [0.4, 0.5) is 17.6 Å². The van der Waals surface area contributed by atoms with E-state index in [-0.39, 0.29) is 176 Å². The molecule has 0 spiro atoms. The molecule has 37 nitrogen and oxygen atoms in total. The number of halogens is 4. The highest BCUT2D eigenvalue weighted by molar-refractivity contribution is 7.88. The maximum Gasteiger partial charge on any atom is 0.347 e. The normalized spacial score (nSPS) is 14.9. The second-order valence-electron chi connectivity index (χ2n) is 35.2. The van der Waals surface area contributed by atoms with Crippen LogP contribution in [0.5, 0.6) is 46.0 Å². The number of ether oxygens (including phenoxy) is 8. The fourth-order valence-corrected chi connectivity index (χ4v) is 18.6. The first-order valence-corrected chi connectivity index (χ1v) is 51.7. The van der Waals surface area contributed by atoms with Crippen LogP contribution in [0.25, 0.3) is 44.1 Å². The highest BCUT2D eigenvalue weighted by atomic mass is 32.2. The number of Topliss-reactive ketones (excluding diaryl/α,β-unsaturated/α-hetero) is 1. The summed E-state index contributed by atoms with van der Waals surface area (Å²) in [6.07, 6.45) is 7.96. The lowest BCUT2D eigenvalue weighted by Gasteiger charge is -2.31. The first kappa shape index (κ1) is 106. The van der Waals surface area contributed by atoms with E-state index in [1.54, 1.807) is 79.3 Å². The molecule has 147 heavy (non-hydrogen) atoms. The highest BCUT2D eigenvalue weighted by Gasteiger charge is 2.40. The summed E-state index contributed by atoms with van der Waals surface area (Å²) in [6, 6.07) is 42.6. The number of aromatic nitrogens is 8. The Hall–Kier alpha value is -15.4. The molecule has 0 saturated carbocycles. The lowest BCUT2D eigenvalue weighted by atomic mass is 10.0. The number of nitrogens with zero attached hydrogens (tertiary/aromatic N) is 11. The van der Waals surface area contributed by atoms with Crippen molar-refractivity contribution >= 4 is 97.8 Å². The summed E-state index contributed by atoms with van der Waals surface area (Å²) in [7, 11) is -3.26. The molecule has 4 aliphatic rings. The Balaban J connectivity index is 0.000000147. The Morgan fingerprint density at radius 2 is 0.680 bits per heavy atom. The summed E-state index contributed by atoms with van der Waals surface area (Å²) in [5, 5.41) is 26.9. The van der Waals surface area contributed by atoms with Gasteiger partial charge in [0.25, 0.3) is 28.1 Å². The summed E-state index contributed by atoms with van der Waals surface area (Å²) in [5.74, 6) is -4.24. The van der Waals surface area contributed by atoms with E-state index >= 15 is 0 Å². The zero-order valence-electron chi connectivity index (χ0n) is 81.5. The quantitative estimate of drug-likeness (QED) is 0.0178. The van der Waals surface area contributed by atoms with Gasteiger partial charge in [0.05, 0.1) is 77.8 Å². The van der Waals surface area contributed by atoms with Gasteiger partial charge in [-0.3, -0.25) is 67.0 Å². The molecule has 0 fully saturated rings. The second kappa shape index (κ2) is 44.7. The average Bonchev–Trinajstić information content (AvgIpc) is 0.738. The first-order chi connectivity index (χ1) is 70.0. The number of hydrogen-bond donors (Lipinski definition) is 4. The van der Waals surface area contributed by atoms with Crippen LogP contribution in [0.3, 0.4) is 0 Å². The summed E-state index contributed by atoms with van der Waals surface area (Å²) in [5.41, 5.74) is 5.09. The zero-order valence-corrected chi connectivity index (χ0v) is 83.9. The van der Waals surface area contributed by atoms with E-state index in [0.29, 0.717) is 64.1 Å². The third-order valence-electron chi connectivity index (χ3n) is 24.7. The number of esters is 2. The summed E-state index contributed by atoms with van der Waals surface area (Å²) in [4.78, 5) is 123. The van der Waals surface area contributed by atoms with Crippen LogP contribution in [0, 0.1) is 23.3 Å². The third-order valence-corrected chi connectivity index (χ3v) is 28.5. The molecule has 0 aliphatic carbocycles. The van der Waals surface area contributed by atoms with Crippen molar-refractivity contribution in [3.8, 4) is 46.0 Å². The van der Waals surface area contributed by atoms with Gasteiger partial charge in [0.15, 0.2) is 62.9 Å². The number of amides is 1. The van der Waals surface area contributed by atoms with Crippen molar-refractivity contribution in [2.45, 2.75) is 110 Å². The standard InChI is InChI=1S/C30H30FN3O7S.C28H26FN3O4.C23H24FN3O7S.C22H23FN4O6S/c1-4-39-30(36)24-28(40-18-20-8-6-5-7-9-20)25-26-27(21(15-32-25)14-19-10-12-22(31)13-11-19)41-23(17-34(26)29(24)35)16-33(2)42(3,37)38;1-17(33)23-27(35-16-19-6-4-3-5-7-19)24-25-26(36-22(14-30-2)15-32(25)28(23)34)20(13-31-24)12-18-8-10-21(29)11-9-18;1-4-33-23(30)17-20(28)18-19-21(14(10-25-18)9-13-5-7-15(24)8-6-13)34-16(12-27(19)22(17)29)11-26(2)35(3,31)32;1-24-21(29)16-19(28)17-18-20(13(9-25-17)8-12-4-6-14(23)7-5-12)33-15(11-27(18)22(16)30)10-26(2)34(3,31)32/h5-13,15,23H,4,14,16-18H2,1-3H3;3-11,13,22,30H,12,14-16H2,1-2H3;5-8,10,16,28H,4,9,11-12H2,1-3H3;4-7,9,15,28H,8,10-11H2,1-3H3,(H,24,29)/t23-;22-;16-;15-/m0000/s1. The molecule has 0 unspecified atom stereocenters. The van der Waals surface area contributed by atoms with Crippen molar-refractivity contribution in [1.82, 2.24) is 61.8 Å². The minimum Gasteiger partial charge on any atom is -0.505 e. The minimum atomic E-state index is -3.55. The molecule has 4 aliphatic heterocycles. The number of carbonyl (C=O) groups excluding carboxylic acids is 4. The average molecular weight is 2080 g/mol. The molecule has 0 radical (unpaired) electrons. The van der Waals surface area contributed by atoms with Crippen LogP contribution >= 0.6 is 0 Å². The lowest BCUT2D eigenvalue weighted by Crippen LogP contribution is -2.44. The predicted molar refractivity (Wildman–Crippen MR) is 535 cm³/mol. The Morgan fingerprint density at radius 1 is 0.401 bits per heavy atom. The van der Waals surface area contributed by atoms with Crippen molar-refractivity contribution in [2.75, 3.05) is 93.4 Å². The van der Waals surface area contributed by atoms with Crippen LogP contribution in [0.1, 0.15) is 118 Å². The fraction of sp³-hybridized carbons (Fsp3) is 0.301. The molecule has 4 N–H and O–H groups in total. The van der Waals surface area contributed by atoms with Crippen LogP contribution in [0.15, 0.2) is 202 Å². The number of sulfonamides is 3. The van der Waals surface area contributed by atoms with Crippen LogP contribution in [-0.4, -0.2) is 228 Å². The van der Waals surface area contributed by atoms with Crippen LogP contribution in [-0.2, 0) is 105 Å². The number of likely N-dealkylation sites (N-methyl/N-ethyl adjacent to an activating group) is 4. The molecule has 1 amide bonds. The smallest absolute Gasteiger partial charge is 0.347 e. The number of nitrogens with one attached hydrogen (secondary N) is 2. The highest BCUT2D eigenvalue weighted by Crippen LogP contribution is 2.45. The maximum atomic E-state index is 14.0. The van der Waals surface area contributed by atoms with Crippen molar-refractivity contribution in [2.24, 2.45) is 0 Å². The van der Waals surface area contributed by atoms with Gasteiger partial charge in [-0.1, -0.05) is 109 Å². The predicted octanol–water partition coefficient (Wildman–Crippen LogP) is 9.93. The Bertz CT molecular complexity index is 8080. The number of aromatic hydroxyl groups is 2. The van der Waals surface area contributed by atoms with E-state index < -0.39 is 117 Å². The molecule has 4 atom stereocenters. The van der Waals surface area contributed by atoms with E-state index in [9.17, 15) is 91.4 Å². The van der Waals surface area contributed by atoms with E-state index in [1.807, 2.05) is 67.7 Å². The number of pyridine rings is 8. The summed E-state index contributed by atoms with van der Waals surface area (Å²) >= 11 is 0. The Labute approximate surface area is 839 Å². The Kier molecular flexibility index (Phi) is 32.2. The number of carbonyl (C=O) groups is 4. The monoisotopic (exact) mass is 2080 g/mol. The summed E-state index contributed by atoms with van der Waals surface area (Å²) < 4.78 is 182. The number of ketones is 1. The van der Waals surface area contributed by atoms with E-state index in [4.69, 9.17) is 37.9 Å².